The second kappa shape index (κ2) is 5.46. The summed E-state index contributed by atoms with van der Waals surface area (Å²) in [5, 5.41) is 4.98. The summed E-state index contributed by atoms with van der Waals surface area (Å²) in [6.07, 6.45) is 0.924. The highest BCUT2D eigenvalue weighted by Crippen LogP contribution is 2.30. The molecule has 0 spiro atoms. The van der Waals surface area contributed by atoms with Gasteiger partial charge >= 0.3 is 6.09 Å². The minimum absolute atomic E-state index is 0.353. The zero-order chi connectivity index (χ0) is 14.9. The van der Waals surface area contributed by atoms with Crippen LogP contribution >= 0.6 is 23.2 Å². The van der Waals surface area contributed by atoms with Gasteiger partial charge in [-0.3, -0.25) is 5.32 Å². The minimum atomic E-state index is -0.572. The fourth-order valence-electron chi connectivity index (χ4n) is 1.69. The maximum atomic E-state index is 11.8. The first-order chi connectivity index (χ1) is 9.26. The summed E-state index contributed by atoms with van der Waals surface area (Å²) in [5.74, 6) is 0. The summed E-state index contributed by atoms with van der Waals surface area (Å²) in [6, 6.07) is 5.19. The average molecular weight is 313 g/mol. The van der Waals surface area contributed by atoms with Crippen molar-refractivity contribution in [2.45, 2.75) is 26.4 Å². The number of ether oxygens (including phenoxy) is 1. The molecule has 1 heterocycles. The number of anilines is 1. The van der Waals surface area contributed by atoms with E-state index in [0.29, 0.717) is 26.6 Å². The number of amides is 1. The first kappa shape index (κ1) is 14.9. The van der Waals surface area contributed by atoms with Crippen LogP contribution in [0, 0.1) is 0 Å². The normalized spacial score (nSPS) is 11.4. The number of carbonyl (C=O) groups is 1. The van der Waals surface area contributed by atoms with Gasteiger partial charge in [0.15, 0.2) is 0 Å². The molecule has 0 saturated heterocycles. The van der Waals surface area contributed by atoms with Gasteiger partial charge in [-0.15, -0.1) is 0 Å². The van der Waals surface area contributed by atoms with E-state index in [1.165, 1.54) is 6.20 Å². The van der Waals surface area contributed by atoms with Crippen molar-refractivity contribution in [3.8, 4) is 0 Å². The van der Waals surface area contributed by atoms with Crippen molar-refractivity contribution in [2.24, 2.45) is 0 Å². The molecule has 0 radical (unpaired) electrons. The third-order valence-electron chi connectivity index (χ3n) is 2.44. The Hall–Kier alpha value is -1.52. The SMILES string of the molecule is CC(C)(C)OC(=O)Nc1cnc(Cl)c2ccc(Cl)cc12. The van der Waals surface area contributed by atoms with Crippen molar-refractivity contribution in [1.29, 1.82) is 0 Å². The minimum Gasteiger partial charge on any atom is -0.444 e. The van der Waals surface area contributed by atoms with E-state index < -0.39 is 11.7 Å². The molecule has 1 aromatic heterocycles. The second-order valence-corrected chi connectivity index (χ2v) is 6.07. The molecule has 2 rings (SSSR count). The van der Waals surface area contributed by atoms with Crippen molar-refractivity contribution in [3.63, 3.8) is 0 Å². The standard InChI is InChI=1S/C14H14Cl2N2O2/c1-14(2,3)20-13(19)18-11-7-17-12(16)9-5-4-8(15)6-10(9)11/h4-7H,1-3H3,(H,18,19). The van der Waals surface area contributed by atoms with E-state index in [-0.39, 0.29) is 0 Å². The van der Waals surface area contributed by atoms with Crippen LogP contribution in [0.4, 0.5) is 10.5 Å². The van der Waals surface area contributed by atoms with Crippen LogP contribution in [0.2, 0.25) is 10.2 Å². The highest BCUT2D eigenvalue weighted by Gasteiger charge is 2.17. The molecule has 1 aromatic carbocycles. The van der Waals surface area contributed by atoms with Crippen LogP contribution in [-0.2, 0) is 4.74 Å². The Bertz CT molecular complexity index is 666. The maximum absolute atomic E-state index is 11.8. The Kier molecular flexibility index (Phi) is 4.06. The monoisotopic (exact) mass is 312 g/mol. The summed E-state index contributed by atoms with van der Waals surface area (Å²) >= 11 is 12.0. The van der Waals surface area contributed by atoms with E-state index in [0.717, 1.165) is 0 Å². The predicted octanol–water partition coefficient (Wildman–Crippen LogP) is 4.89. The molecule has 0 aliphatic carbocycles. The van der Waals surface area contributed by atoms with Crippen LogP contribution in [0.5, 0.6) is 0 Å². The lowest BCUT2D eigenvalue weighted by Crippen LogP contribution is -2.27. The lowest BCUT2D eigenvalue weighted by Gasteiger charge is -2.20. The molecule has 1 N–H and O–H groups in total. The van der Waals surface area contributed by atoms with Gasteiger partial charge in [-0.1, -0.05) is 23.2 Å². The molecule has 4 nitrogen and oxygen atoms in total. The lowest BCUT2D eigenvalue weighted by molar-refractivity contribution is 0.0636. The van der Waals surface area contributed by atoms with Gasteiger partial charge in [-0.2, -0.15) is 0 Å². The zero-order valence-corrected chi connectivity index (χ0v) is 12.8. The second-order valence-electron chi connectivity index (χ2n) is 5.28. The molecule has 106 valence electrons. The number of nitrogens with zero attached hydrogens (tertiary/aromatic N) is 1. The average Bonchev–Trinajstić information content (AvgIpc) is 2.30. The summed E-state index contributed by atoms with van der Waals surface area (Å²) in [4.78, 5) is 15.9. The summed E-state index contributed by atoms with van der Waals surface area (Å²) < 4.78 is 5.21. The molecular formula is C14H14Cl2N2O2. The van der Waals surface area contributed by atoms with Crippen molar-refractivity contribution in [1.82, 2.24) is 4.98 Å². The quantitative estimate of drug-likeness (QED) is 0.763. The number of carbonyl (C=O) groups excluding carboxylic acids is 1. The fourth-order valence-corrected chi connectivity index (χ4v) is 2.08. The van der Waals surface area contributed by atoms with Crippen LogP contribution in [-0.4, -0.2) is 16.7 Å². The number of rotatable bonds is 1. The molecule has 0 aliphatic heterocycles. The molecule has 0 unspecified atom stereocenters. The molecule has 0 saturated carbocycles. The number of aromatic nitrogens is 1. The van der Waals surface area contributed by atoms with Gasteiger partial charge in [-0.25, -0.2) is 9.78 Å². The van der Waals surface area contributed by atoms with Gasteiger partial charge in [0.25, 0.3) is 0 Å². The van der Waals surface area contributed by atoms with Gasteiger partial charge < -0.3 is 4.74 Å². The number of fused-ring (bicyclic) bond motifs is 1. The molecule has 0 aliphatic rings. The number of hydrogen-bond acceptors (Lipinski definition) is 3. The van der Waals surface area contributed by atoms with Crippen LogP contribution in [0.25, 0.3) is 10.8 Å². The Morgan fingerprint density at radius 2 is 1.95 bits per heavy atom. The fraction of sp³-hybridized carbons (Fsp3) is 0.286. The Morgan fingerprint density at radius 3 is 2.60 bits per heavy atom. The third-order valence-corrected chi connectivity index (χ3v) is 2.97. The maximum Gasteiger partial charge on any atom is 0.412 e. The summed E-state index contributed by atoms with van der Waals surface area (Å²) in [5.41, 5.74) is -0.0710. The molecule has 0 atom stereocenters. The van der Waals surface area contributed by atoms with E-state index in [1.54, 1.807) is 39.0 Å². The Morgan fingerprint density at radius 1 is 1.25 bits per heavy atom. The van der Waals surface area contributed by atoms with Crippen molar-refractivity contribution in [2.75, 3.05) is 5.32 Å². The number of hydrogen-bond donors (Lipinski definition) is 1. The van der Waals surface area contributed by atoms with Crippen molar-refractivity contribution < 1.29 is 9.53 Å². The van der Waals surface area contributed by atoms with E-state index in [1.807, 2.05) is 0 Å². The Labute approximate surface area is 127 Å². The topological polar surface area (TPSA) is 51.2 Å². The Balaban J connectivity index is 2.38. The van der Waals surface area contributed by atoms with Crippen LogP contribution in [0.1, 0.15) is 20.8 Å². The van der Waals surface area contributed by atoms with E-state index in [9.17, 15) is 4.79 Å². The van der Waals surface area contributed by atoms with Crippen LogP contribution < -0.4 is 5.32 Å². The van der Waals surface area contributed by atoms with Crippen molar-refractivity contribution >= 4 is 45.8 Å². The third kappa shape index (κ3) is 3.52. The van der Waals surface area contributed by atoms with E-state index in [2.05, 4.69) is 10.3 Å². The molecule has 6 heteroatoms. The largest absolute Gasteiger partial charge is 0.444 e. The van der Waals surface area contributed by atoms with Gasteiger partial charge in [-0.05, 0) is 39.0 Å². The predicted molar refractivity (Wildman–Crippen MR) is 81.6 cm³/mol. The number of halogens is 2. The molecular weight excluding hydrogens is 299 g/mol. The van der Waals surface area contributed by atoms with Crippen LogP contribution in [0.3, 0.4) is 0 Å². The number of benzene rings is 1. The first-order valence-corrected chi connectivity index (χ1v) is 6.75. The molecule has 0 fully saturated rings. The number of pyridine rings is 1. The summed E-state index contributed by atoms with van der Waals surface area (Å²) in [7, 11) is 0. The van der Waals surface area contributed by atoms with Gasteiger partial charge in [0.2, 0.25) is 0 Å². The van der Waals surface area contributed by atoms with E-state index in [4.69, 9.17) is 27.9 Å². The van der Waals surface area contributed by atoms with Crippen LogP contribution in [0.15, 0.2) is 24.4 Å². The molecule has 2 aromatic rings. The smallest absolute Gasteiger partial charge is 0.412 e. The first-order valence-electron chi connectivity index (χ1n) is 6.00. The highest BCUT2D eigenvalue weighted by atomic mass is 35.5. The van der Waals surface area contributed by atoms with Gasteiger partial charge in [0.1, 0.15) is 10.8 Å². The molecule has 0 bridgehead atoms. The summed E-state index contributed by atoms with van der Waals surface area (Å²) in [6.45, 7) is 5.38. The van der Waals surface area contributed by atoms with Gasteiger partial charge in [0, 0.05) is 15.8 Å². The molecule has 20 heavy (non-hydrogen) atoms. The molecule has 1 amide bonds. The van der Waals surface area contributed by atoms with Gasteiger partial charge in [0.05, 0.1) is 11.9 Å². The lowest BCUT2D eigenvalue weighted by atomic mass is 10.1. The van der Waals surface area contributed by atoms with Crippen molar-refractivity contribution in [3.05, 3.63) is 34.6 Å². The van der Waals surface area contributed by atoms with E-state index >= 15 is 0 Å². The zero-order valence-electron chi connectivity index (χ0n) is 11.3. The highest BCUT2D eigenvalue weighted by molar-refractivity contribution is 6.36. The number of nitrogens with one attached hydrogen (secondary N) is 1.